The Kier molecular flexibility index (Phi) is 5.65. The Morgan fingerprint density at radius 2 is 1.90 bits per heavy atom. The van der Waals surface area contributed by atoms with E-state index in [4.69, 9.17) is 4.42 Å². The molecule has 0 atom stereocenters. The highest BCUT2D eigenvalue weighted by molar-refractivity contribution is 5.91. The standard InChI is InChI=1S/C15H22N2O3/c18-14(11-12-5-2-1-3-6-12)16-8-9-17-15(19)13-7-4-10-20-13/h4,7,10,12H,1-3,5-6,8-9,11H2,(H,16,18)(H,17,19). The topological polar surface area (TPSA) is 71.3 Å². The van der Waals surface area contributed by atoms with Crippen LogP contribution in [0.25, 0.3) is 0 Å². The summed E-state index contributed by atoms with van der Waals surface area (Å²) in [7, 11) is 0. The van der Waals surface area contributed by atoms with E-state index in [1.165, 1.54) is 38.4 Å². The zero-order chi connectivity index (χ0) is 14.2. The van der Waals surface area contributed by atoms with Crippen LogP contribution < -0.4 is 10.6 Å². The van der Waals surface area contributed by atoms with Crippen LogP contribution in [0.15, 0.2) is 22.8 Å². The highest BCUT2D eigenvalue weighted by Crippen LogP contribution is 2.25. The van der Waals surface area contributed by atoms with Gasteiger partial charge in [0.05, 0.1) is 6.26 Å². The number of nitrogens with one attached hydrogen (secondary N) is 2. The van der Waals surface area contributed by atoms with Gasteiger partial charge < -0.3 is 15.1 Å². The predicted octanol–water partition coefficient (Wildman–Crippen LogP) is 2.10. The van der Waals surface area contributed by atoms with Crippen LogP contribution in [0.1, 0.15) is 49.1 Å². The molecule has 1 aromatic rings. The minimum absolute atomic E-state index is 0.0872. The van der Waals surface area contributed by atoms with Gasteiger partial charge in [-0.25, -0.2) is 0 Å². The first kappa shape index (κ1) is 14.6. The molecule has 5 heteroatoms. The summed E-state index contributed by atoms with van der Waals surface area (Å²) in [5.41, 5.74) is 0. The molecule has 1 fully saturated rings. The van der Waals surface area contributed by atoms with Crippen LogP contribution in [0.4, 0.5) is 0 Å². The molecular weight excluding hydrogens is 256 g/mol. The fourth-order valence-corrected chi connectivity index (χ4v) is 2.60. The smallest absolute Gasteiger partial charge is 0.287 e. The van der Waals surface area contributed by atoms with E-state index in [1.807, 2.05) is 0 Å². The highest BCUT2D eigenvalue weighted by Gasteiger charge is 2.16. The second-order valence-electron chi connectivity index (χ2n) is 5.29. The Hall–Kier alpha value is -1.78. The minimum Gasteiger partial charge on any atom is -0.459 e. The summed E-state index contributed by atoms with van der Waals surface area (Å²) in [4.78, 5) is 23.3. The molecule has 0 bridgehead atoms. The van der Waals surface area contributed by atoms with Crippen LogP contribution in [-0.2, 0) is 4.79 Å². The molecule has 2 amide bonds. The molecule has 1 aliphatic carbocycles. The number of furan rings is 1. The fourth-order valence-electron chi connectivity index (χ4n) is 2.60. The first-order valence-electron chi connectivity index (χ1n) is 7.34. The van der Waals surface area contributed by atoms with Crippen molar-refractivity contribution in [3.8, 4) is 0 Å². The lowest BCUT2D eigenvalue weighted by molar-refractivity contribution is -0.122. The van der Waals surface area contributed by atoms with E-state index in [-0.39, 0.29) is 11.8 Å². The predicted molar refractivity (Wildman–Crippen MR) is 75.2 cm³/mol. The second-order valence-corrected chi connectivity index (χ2v) is 5.29. The van der Waals surface area contributed by atoms with Gasteiger partial charge in [-0.15, -0.1) is 0 Å². The molecule has 0 saturated heterocycles. The molecule has 1 aromatic heterocycles. The number of carbonyl (C=O) groups excluding carboxylic acids is 2. The summed E-state index contributed by atoms with van der Waals surface area (Å²) in [5, 5.41) is 5.54. The normalized spacial score (nSPS) is 15.8. The lowest BCUT2D eigenvalue weighted by atomic mass is 9.87. The van der Waals surface area contributed by atoms with E-state index in [2.05, 4.69) is 10.6 Å². The second kappa shape index (κ2) is 7.72. The van der Waals surface area contributed by atoms with Gasteiger partial charge in [-0.05, 0) is 30.9 Å². The molecule has 0 radical (unpaired) electrons. The average molecular weight is 278 g/mol. The van der Waals surface area contributed by atoms with Gasteiger partial charge in [0.2, 0.25) is 5.91 Å². The molecular formula is C15H22N2O3. The maximum atomic E-state index is 11.7. The van der Waals surface area contributed by atoms with Crippen LogP contribution in [-0.4, -0.2) is 24.9 Å². The van der Waals surface area contributed by atoms with Crippen molar-refractivity contribution in [2.75, 3.05) is 13.1 Å². The Morgan fingerprint density at radius 3 is 2.60 bits per heavy atom. The van der Waals surface area contributed by atoms with Gasteiger partial charge in [-0.2, -0.15) is 0 Å². The Labute approximate surface area is 119 Å². The van der Waals surface area contributed by atoms with Crippen molar-refractivity contribution in [1.29, 1.82) is 0 Å². The minimum atomic E-state index is -0.253. The van der Waals surface area contributed by atoms with Gasteiger partial charge >= 0.3 is 0 Å². The van der Waals surface area contributed by atoms with Gasteiger partial charge in [-0.3, -0.25) is 9.59 Å². The molecule has 5 nitrogen and oxygen atoms in total. The van der Waals surface area contributed by atoms with Crippen molar-refractivity contribution in [2.24, 2.45) is 5.92 Å². The molecule has 0 unspecified atom stereocenters. The monoisotopic (exact) mass is 278 g/mol. The molecule has 20 heavy (non-hydrogen) atoms. The van der Waals surface area contributed by atoms with Gasteiger partial charge in [0.15, 0.2) is 5.76 Å². The maximum Gasteiger partial charge on any atom is 0.287 e. The van der Waals surface area contributed by atoms with Crippen molar-refractivity contribution >= 4 is 11.8 Å². The van der Waals surface area contributed by atoms with Crippen LogP contribution in [0, 0.1) is 5.92 Å². The highest BCUT2D eigenvalue weighted by atomic mass is 16.3. The number of hydrogen-bond acceptors (Lipinski definition) is 3. The molecule has 2 rings (SSSR count). The van der Waals surface area contributed by atoms with Gasteiger partial charge in [0.1, 0.15) is 0 Å². The van der Waals surface area contributed by atoms with Gasteiger partial charge in [0.25, 0.3) is 5.91 Å². The summed E-state index contributed by atoms with van der Waals surface area (Å²) in [6, 6.07) is 3.28. The molecule has 0 spiro atoms. The van der Waals surface area contributed by atoms with Crippen molar-refractivity contribution in [3.05, 3.63) is 24.2 Å². The molecule has 110 valence electrons. The summed E-state index contributed by atoms with van der Waals surface area (Å²) >= 11 is 0. The Morgan fingerprint density at radius 1 is 1.15 bits per heavy atom. The molecule has 2 N–H and O–H groups in total. The summed E-state index contributed by atoms with van der Waals surface area (Å²) in [6.45, 7) is 0.869. The van der Waals surface area contributed by atoms with Crippen LogP contribution in [0.2, 0.25) is 0 Å². The van der Waals surface area contributed by atoms with E-state index in [9.17, 15) is 9.59 Å². The van der Waals surface area contributed by atoms with Crippen molar-refractivity contribution in [2.45, 2.75) is 38.5 Å². The van der Waals surface area contributed by atoms with E-state index in [1.54, 1.807) is 12.1 Å². The van der Waals surface area contributed by atoms with Crippen molar-refractivity contribution in [1.82, 2.24) is 10.6 Å². The number of amides is 2. The third-order valence-electron chi connectivity index (χ3n) is 3.68. The third kappa shape index (κ3) is 4.72. The van der Waals surface area contributed by atoms with Crippen LogP contribution in [0.5, 0.6) is 0 Å². The van der Waals surface area contributed by atoms with Crippen LogP contribution >= 0.6 is 0 Å². The zero-order valence-corrected chi connectivity index (χ0v) is 11.7. The summed E-state index contributed by atoms with van der Waals surface area (Å²) in [5.74, 6) is 0.667. The first-order valence-corrected chi connectivity index (χ1v) is 7.34. The maximum absolute atomic E-state index is 11.7. The summed E-state index contributed by atoms with van der Waals surface area (Å²) < 4.78 is 4.97. The zero-order valence-electron chi connectivity index (χ0n) is 11.7. The number of hydrogen-bond donors (Lipinski definition) is 2. The molecule has 1 aliphatic rings. The number of carbonyl (C=O) groups is 2. The van der Waals surface area contributed by atoms with Crippen molar-refractivity contribution in [3.63, 3.8) is 0 Å². The van der Waals surface area contributed by atoms with Gasteiger partial charge in [0, 0.05) is 19.5 Å². The first-order chi connectivity index (χ1) is 9.75. The fraction of sp³-hybridized carbons (Fsp3) is 0.600. The lowest BCUT2D eigenvalue weighted by Gasteiger charge is -2.20. The Bertz CT molecular complexity index is 422. The van der Waals surface area contributed by atoms with E-state index >= 15 is 0 Å². The molecule has 1 heterocycles. The Balaban J connectivity index is 1.56. The lowest BCUT2D eigenvalue weighted by Crippen LogP contribution is -2.35. The molecule has 1 saturated carbocycles. The average Bonchev–Trinajstić information content (AvgIpc) is 2.99. The molecule has 0 aliphatic heterocycles. The quantitative estimate of drug-likeness (QED) is 0.783. The van der Waals surface area contributed by atoms with E-state index < -0.39 is 0 Å². The van der Waals surface area contributed by atoms with Crippen molar-refractivity contribution < 1.29 is 14.0 Å². The SMILES string of the molecule is O=C(CC1CCCCC1)NCCNC(=O)c1ccco1. The molecule has 0 aromatic carbocycles. The van der Waals surface area contributed by atoms with E-state index in [0.29, 0.717) is 31.2 Å². The summed E-state index contributed by atoms with van der Waals surface area (Å²) in [6.07, 6.45) is 8.21. The van der Waals surface area contributed by atoms with E-state index in [0.717, 1.165) is 0 Å². The third-order valence-corrected chi connectivity index (χ3v) is 3.68. The largest absolute Gasteiger partial charge is 0.459 e. The number of rotatable bonds is 6. The van der Waals surface area contributed by atoms with Crippen LogP contribution in [0.3, 0.4) is 0 Å². The van der Waals surface area contributed by atoms with Gasteiger partial charge in [-0.1, -0.05) is 19.3 Å².